The highest BCUT2D eigenvalue weighted by Crippen LogP contribution is 2.48. The molecule has 1 aromatic heterocycles. The van der Waals surface area contributed by atoms with Gasteiger partial charge in [-0.25, -0.2) is 5.43 Å². The lowest BCUT2D eigenvalue weighted by molar-refractivity contribution is -0.117. The number of H-pyrrole nitrogens is 1. The third-order valence-corrected chi connectivity index (χ3v) is 5.41. The van der Waals surface area contributed by atoms with E-state index in [9.17, 15) is 9.59 Å². The van der Waals surface area contributed by atoms with Gasteiger partial charge in [0, 0.05) is 22.6 Å². The minimum absolute atomic E-state index is 0.0430. The molecule has 1 saturated carbocycles. The minimum Gasteiger partial charge on any atom is -0.345 e. The number of aromatic amines is 1. The molecule has 7 heteroatoms. The maximum absolute atomic E-state index is 12.7. The summed E-state index contributed by atoms with van der Waals surface area (Å²) in [5.41, 5.74) is 5.95. The van der Waals surface area contributed by atoms with E-state index in [-0.39, 0.29) is 23.7 Å². The van der Waals surface area contributed by atoms with Gasteiger partial charge in [-0.2, -0.15) is 5.10 Å². The molecule has 27 heavy (non-hydrogen) atoms. The summed E-state index contributed by atoms with van der Waals surface area (Å²) in [5, 5.41) is 7.93. The van der Waals surface area contributed by atoms with Gasteiger partial charge >= 0.3 is 0 Å². The van der Waals surface area contributed by atoms with Crippen LogP contribution in [-0.2, 0) is 4.79 Å². The number of amides is 2. The Kier molecular flexibility index (Phi) is 3.55. The number of anilines is 1. The first kappa shape index (κ1) is 16.1. The summed E-state index contributed by atoms with van der Waals surface area (Å²) in [6.07, 6.45) is 2.35. The fraction of sp³-hybridized carbons (Fsp3) is 0.150. The van der Waals surface area contributed by atoms with Gasteiger partial charge < -0.3 is 10.3 Å². The number of rotatable bonds is 3. The first-order valence-corrected chi connectivity index (χ1v) is 9.04. The van der Waals surface area contributed by atoms with E-state index in [4.69, 9.17) is 11.6 Å². The molecule has 2 aromatic carbocycles. The average molecular weight is 379 g/mol. The molecule has 0 radical (unpaired) electrons. The van der Waals surface area contributed by atoms with Gasteiger partial charge in [-0.3, -0.25) is 9.59 Å². The number of hydrazone groups is 1. The normalized spacial score (nSPS) is 20.3. The van der Waals surface area contributed by atoms with E-state index >= 15 is 0 Å². The van der Waals surface area contributed by atoms with E-state index in [2.05, 4.69) is 20.8 Å². The third-order valence-electron chi connectivity index (χ3n) is 5.12. The molecule has 1 fully saturated rings. The fourth-order valence-electron chi connectivity index (χ4n) is 3.70. The van der Waals surface area contributed by atoms with Crippen LogP contribution in [-0.4, -0.2) is 23.0 Å². The van der Waals surface area contributed by atoms with Crippen molar-refractivity contribution >= 4 is 46.2 Å². The molecule has 2 amide bonds. The molecule has 0 unspecified atom stereocenters. The lowest BCUT2D eigenvalue weighted by atomic mass is 10.0. The molecule has 5 rings (SSSR count). The number of benzene rings is 2. The van der Waals surface area contributed by atoms with Gasteiger partial charge in [0.15, 0.2) is 0 Å². The topological polar surface area (TPSA) is 86.3 Å². The molecule has 2 atom stereocenters. The number of nitrogens with one attached hydrogen (secondary N) is 3. The number of aromatic nitrogens is 1. The number of carbonyl (C=O) groups is 2. The van der Waals surface area contributed by atoms with Crippen LogP contribution in [0.4, 0.5) is 5.69 Å². The van der Waals surface area contributed by atoms with Gasteiger partial charge in [0.2, 0.25) is 5.91 Å². The van der Waals surface area contributed by atoms with Crippen molar-refractivity contribution in [1.29, 1.82) is 0 Å². The van der Waals surface area contributed by atoms with Crippen LogP contribution in [0.2, 0.25) is 5.15 Å². The number of hydrogen-bond donors (Lipinski definition) is 3. The van der Waals surface area contributed by atoms with Crippen LogP contribution in [0.5, 0.6) is 0 Å². The van der Waals surface area contributed by atoms with E-state index in [0.717, 1.165) is 6.42 Å². The third kappa shape index (κ3) is 2.69. The highest BCUT2D eigenvalue weighted by atomic mass is 35.5. The zero-order chi connectivity index (χ0) is 18.5. The molecule has 3 N–H and O–H groups in total. The molecule has 0 saturated heterocycles. The van der Waals surface area contributed by atoms with Crippen LogP contribution >= 0.6 is 11.6 Å². The maximum atomic E-state index is 12.7. The Morgan fingerprint density at radius 3 is 2.85 bits per heavy atom. The van der Waals surface area contributed by atoms with Crippen molar-refractivity contribution in [2.45, 2.75) is 12.3 Å². The number of hydrogen-bond acceptors (Lipinski definition) is 3. The second-order valence-corrected chi connectivity index (χ2v) is 7.22. The van der Waals surface area contributed by atoms with Crippen molar-refractivity contribution in [3.05, 3.63) is 64.3 Å². The van der Waals surface area contributed by atoms with E-state index in [1.54, 1.807) is 12.1 Å². The van der Waals surface area contributed by atoms with E-state index in [0.29, 0.717) is 32.9 Å². The van der Waals surface area contributed by atoms with Gasteiger partial charge in [0.05, 0.1) is 17.3 Å². The first-order valence-electron chi connectivity index (χ1n) is 8.66. The van der Waals surface area contributed by atoms with E-state index in [1.165, 1.54) is 11.8 Å². The van der Waals surface area contributed by atoms with Crippen molar-refractivity contribution in [3.8, 4) is 0 Å². The Labute approximate surface area is 159 Å². The molecule has 3 aromatic rings. The van der Waals surface area contributed by atoms with Crippen molar-refractivity contribution in [2.75, 3.05) is 5.32 Å². The van der Waals surface area contributed by atoms with E-state index in [1.807, 2.05) is 30.3 Å². The summed E-state index contributed by atoms with van der Waals surface area (Å²) in [6.45, 7) is 0. The van der Waals surface area contributed by atoms with Crippen molar-refractivity contribution in [2.24, 2.45) is 11.0 Å². The minimum atomic E-state index is -0.338. The summed E-state index contributed by atoms with van der Waals surface area (Å²) in [4.78, 5) is 28.0. The van der Waals surface area contributed by atoms with Crippen LogP contribution in [0.1, 0.15) is 33.8 Å². The summed E-state index contributed by atoms with van der Waals surface area (Å²) in [6, 6.07) is 13.5. The van der Waals surface area contributed by atoms with Crippen molar-refractivity contribution < 1.29 is 9.59 Å². The lowest BCUT2D eigenvalue weighted by Crippen LogP contribution is -2.18. The zero-order valence-corrected chi connectivity index (χ0v) is 14.9. The monoisotopic (exact) mass is 378 g/mol. The SMILES string of the molecule is O=C1NN=Cc2c(Cl)[nH]c3cc(NC(=O)[C@@H]4C[C@H]4c4ccccc4)cc1c23. The van der Waals surface area contributed by atoms with Crippen LogP contribution in [0.15, 0.2) is 47.6 Å². The van der Waals surface area contributed by atoms with Crippen molar-refractivity contribution in [3.63, 3.8) is 0 Å². The van der Waals surface area contributed by atoms with Gasteiger partial charge in [0.1, 0.15) is 5.15 Å². The highest BCUT2D eigenvalue weighted by Gasteiger charge is 2.43. The average Bonchev–Trinajstić information content (AvgIpc) is 3.42. The van der Waals surface area contributed by atoms with Crippen LogP contribution in [0.3, 0.4) is 0 Å². The molecule has 0 spiro atoms. The second kappa shape index (κ2) is 5.96. The second-order valence-electron chi connectivity index (χ2n) is 6.85. The smallest absolute Gasteiger partial charge is 0.272 e. The van der Waals surface area contributed by atoms with Gasteiger partial charge in [-0.05, 0) is 30.0 Å². The first-order chi connectivity index (χ1) is 13.1. The molecule has 2 aliphatic rings. The zero-order valence-electron chi connectivity index (χ0n) is 14.1. The van der Waals surface area contributed by atoms with E-state index < -0.39 is 0 Å². The summed E-state index contributed by atoms with van der Waals surface area (Å²) in [5.74, 6) is -0.184. The highest BCUT2D eigenvalue weighted by molar-refractivity contribution is 6.35. The van der Waals surface area contributed by atoms with Crippen LogP contribution in [0.25, 0.3) is 10.9 Å². The molecule has 6 nitrogen and oxygen atoms in total. The predicted octanol–water partition coefficient (Wildman–Crippen LogP) is 3.64. The van der Waals surface area contributed by atoms with Crippen LogP contribution < -0.4 is 10.7 Å². The Morgan fingerprint density at radius 2 is 2.04 bits per heavy atom. The van der Waals surface area contributed by atoms with Gasteiger partial charge in [-0.15, -0.1) is 0 Å². The van der Waals surface area contributed by atoms with Crippen molar-refractivity contribution in [1.82, 2.24) is 10.4 Å². The molecular formula is C20H15ClN4O2. The summed E-state index contributed by atoms with van der Waals surface area (Å²) in [7, 11) is 0. The summed E-state index contributed by atoms with van der Waals surface area (Å²) < 4.78 is 0. The molecule has 1 aliphatic heterocycles. The Bertz CT molecular complexity index is 1120. The standard InChI is InChI=1S/C20H15ClN4O2/c21-18-15-9-22-25-20(27)14-6-11(7-16(24-18)17(14)15)23-19(26)13-8-12(13)10-4-2-1-3-5-10/h1-7,9,12-13,24H,8H2,(H,23,26)(H,25,27)/t12-,13+/m0/s1. The number of halogens is 1. The Balaban J connectivity index is 1.44. The largest absolute Gasteiger partial charge is 0.345 e. The number of nitrogens with zero attached hydrogens (tertiary/aromatic N) is 1. The molecular weight excluding hydrogens is 364 g/mol. The number of carbonyl (C=O) groups excluding carboxylic acids is 2. The Hall–Kier alpha value is -3.12. The summed E-state index contributed by atoms with van der Waals surface area (Å²) >= 11 is 6.23. The quantitative estimate of drug-likeness (QED) is 0.649. The molecule has 0 bridgehead atoms. The maximum Gasteiger partial charge on any atom is 0.272 e. The molecule has 2 heterocycles. The van der Waals surface area contributed by atoms with Gasteiger partial charge in [0.25, 0.3) is 5.91 Å². The molecule has 1 aliphatic carbocycles. The molecule has 134 valence electrons. The van der Waals surface area contributed by atoms with Gasteiger partial charge in [-0.1, -0.05) is 41.9 Å². The Morgan fingerprint density at radius 1 is 1.22 bits per heavy atom. The predicted molar refractivity (Wildman–Crippen MR) is 104 cm³/mol. The lowest BCUT2D eigenvalue weighted by Gasteiger charge is -2.08. The fourth-order valence-corrected chi connectivity index (χ4v) is 3.95. The van der Waals surface area contributed by atoms with Crippen LogP contribution in [0, 0.1) is 5.92 Å².